The molecular weight excluding hydrogens is 354 g/mol. The van der Waals surface area contributed by atoms with Crippen molar-refractivity contribution in [3.05, 3.63) is 27.6 Å². The van der Waals surface area contributed by atoms with E-state index in [4.69, 9.17) is 4.74 Å². The number of ether oxygens (including phenoxy) is 1. The highest BCUT2D eigenvalue weighted by molar-refractivity contribution is 14.1. The Morgan fingerprint density at radius 1 is 1.00 bits per heavy atom. The molecule has 0 saturated carbocycles. The van der Waals surface area contributed by atoms with Crippen molar-refractivity contribution in [3.8, 4) is 5.75 Å². The fourth-order valence-corrected chi connectivity index (χ4v) is 2.46. The van der Waals surface area contributed by atoms with E-state index in [9.17, 15) is 4.39 Å². The lowest BCUT2D eigenvalue weighted by molar-refractivity contribution is 0.290. The fourth-order valence-electron chi connectivity index (χ4n) is 2.01. The summed E-state index contributed by atoms with van der Waals surface area (Å²) in [4.78, 5) is 0. The predicted molar refractivity (Wildman–Crippen MR) is 87.2 cm³/mol. The molecule has 0 atom stereocenters. The Balaban J connectivity index is 2.01. The fraction of sp³-hybridized carbons (Fsp3) is 0.625. The topological polar surface area (TPSA) is 9.23 Å². The molecule has 1 nitrogen and oxygen atoms in total. The van der Waals surface area contributed by atoms with Crippen LogP contribution in [0.5, 0.6) is 5.75 Å². The molecule has 0 fully saturated rings. The highest BCUT2D eigenvalue weighted by Gasteiger charge is 2.03. The molecule has 0 heterocycles. The van der Waals surface area contributed by atoms with E-state index in [2.05, 4.69) is 29.5 Å². The van der Waals surface area contributed by atoms with Gasteiger partial charge in [0.05, 0.1) is 6.61 Å². The monoisotopic (exact) mass is 378 g/mol. The lowest BCUT2D eigenvalue weighted by Crippen LogP contribution is -1.99. The van der Waals surface area contributed by atoms with Crippen LogP contribution in [0.1, 0.15) is 58.3 Å². The van der Waals surface area contributed by atoms with Crippen LogP contribution in [-0.2, 0) is 0 Å². The van der Waals surface area contributed by atoms with Gasteiger partial charge in [0.2, 0.25) is 0 Å². The van der Waals surface area contributed by atoms with Gasteiger partial charge in [0, 0.05) is 3.57 Å². The van der Waals surface area contributed by atoms with Crippen LogP contribution in [0.25, 0.3) is 0 Å². The van der Waals surface area contributed by atoms with Gasteiger partial charge in [-0.1, -0.05) is 51.9 Å². The summed E-state index contributed by atoms with van der Waals surface area (Å²) in [5.41, 5.74) is 0. The zero-order chi connectivity index (χ0) is 13.9. The van der Waals surface area contributed by atoms with Gasteiger partial charge in [-0.25, -0.2) is 4.39 Å². The van der Waals surface area contributed by atoms with Crippen molar-refractivity contribution in [2.45, 2.75) is 58.3 Å². The molecule has 0 saturated heterocycles. The molecule has 1 aromatic carbocycles. The molecule has 0 radical (unpaired) electrons. The first-order valence-electron chi connectivity index (χ1n) is 7.32. The second-order valence-electron chi connectivity index (χ2n) is 4.90. The minimum atomic E-state index is -0.258. The van der Waals surface area contributed by atoms with Gasteiger partial charge in [0.25, 0.3) is 0 Å². The van der Waals surface area contributed by atoms with Gasteiger partial charge in [0.15, 0.2) is 11.6 Å². The summed E-state index contributed by atoms with van der Waals surface area (Å²) >= 11 is 2.10. The molecule has 0 aliphatic heterocycles. The van der Waals surface area contributed by atoms with Crippen molar-refractivity contribution >= 4 is 22.6 Å². The molecule has 0 aliphatic rings. The van der Waals surface area contributed by atoms with E-state index in [1.54, 1.807) is 6.07 Å². The third-order valence-electron chi connectivity index (χ3n) is 3.15. The smallest absolute Gasteiger partial charge is 0.166 e. The second-order valence-corrected chi connectivity index (χ2v) is 6.14. The molecule has 3 heteroatoms. The largest absolute Gasteiger partial charge is 0.491 e. The van der Waals surface area contributed by atoms with Gasteiger partial charge < -0.3 is 4.74 Å². The molecular formula is C16H24FIO. The van der Waals surface area contributed by atoms with Gasteiger partial charge in [-0.05, 0) is 47.2 Å². The van der Waals surface area contributed by atoms with Crippen molar-refractivity contribution in [2.24, 2.45) is 0 Å². The van der Waals surface area contributed by atoms with E-state index in [1.165, 1.54) is 51.0 Å². The molecule has 0 aromatic heterocycles. The van der Waals surface area contributed by atoms with Crippen molar-refractivity contribution in [2.75, 3.05) is 6.61 Å². The molecule has 0 aliphatic carbocycles. The van der Waals surface area contributed by atoms with E-state index < -0.39 is 0 Å². The molecule has 0 amide bonds. The highest BCUT2D eigenvalue weighted by Crippen LogP contribution is 2.19. The third-order valence-corrected chi connectivity index (χ3v) is 3.82. The SMILES string of the molecule is CCCCCCCCCCOc1ccc(I)cc1F. The summed E-state index contributed by atoms with van der Waals surface area (Å²) in [5, 5.41) is 0. The maximum absolute atomic E-state index is 13.5. The summed E-state index contributed by atoms with van der Waals surface area (Å²) in [6.07, 6.45) is 10.1. The lowest BCUT2D eigenvalue weighted by Gasteiger charge is -2.07. The van der Waals surface area contributed by atoms with Gasteiger partial charge in [0.1, 0.15) is 0 Å². The van der Waals surface area contributed by atoms with Gasteiger partial charge in [-0.3, -0.25) is 0 Å². The summed E-state index contributed by atoms with van der Waals surface area (Å²) in [5.74, 6) is 0.120. The number of hydrogen-bond donors (Lipinski definition) is 0. The normalized spacial score (nSPS) is 10.7. The van der Waals surface area contributed by atoms with E-state index >= 15 is 0 Å². The minimum absolute atomic E-state index is 0.258. The maximum Gasteiger partial charge on any atom is 0.166 e. The number of rotatable bonds is 10. The molecule has 0 N–H and O–H groups in total. The second kappa shape index (κ2) is 10.5. The molecule has 1 rings (SSSR count). The summed E-state index contributed by atoms with van der Waals surface area (Å²) in [7, 11) is 0. The number of halogens is 2. The van der Waals surface area contributed by atoms with Crippen LogP contribution >= 0.6 is 22.6 Å². The molecule has 19 heavy (non-hydrogen) atoms. The zero-order valence-electron chi connectivity index (χ0n) is 11.8. The summed E-state index contributed by atoms with van der Waals surface area (Å²) in [6.45, 7) is 2.85. The van der Waals surface area contributed by atoms with Crippen LogP contribution in [0.2, 0.25) is 0 Å². The van der Waals surface area contributed by atoms with Crippen LogP contribution in [-0.4, -0.2) is 6.61 Å². The lowest BCUT2D eigenvalue weighted by atomic mass is 10.1. The zero-order valence-corrected chi connectivity index (χ0v) is 13.9. The van der Waals surface area contributed by atoms with Crippen LogP contribution in [0, 0.1) is 9.39 Å². The summed E-state index contributed by atoms with van der Waals surface area (Å²) in [6, 6.07) is 5.08. The van der Waals surface area contributed by atoms with E-state index in [-0.39, 0.29) is 5.82 Å². The Hall–Kier alpha value is -0.320. The molecule has 108 valence electrons. The Morgan fingerprint density at radius 2 is 1.63 bits per heavy atom. The third kappa shape index (κ3) is 7.75. The average Bonchev–Trinajstić information content (AvgIpc) is 2.39. The first-order chi connectivity index (χ1) is 9.24. The standard InChI is InChI=1S/C16H24FIO/c1-2-3-4-5-6-7-8-9-12-19-16-11-10-14(18)13-15(16)17/h10-11,13H,2-9,12H2,1H3. The number of unbranched alkanes of at least 4 members (excludes halogenated alkanes) is 7. The van der Waals surface area contributed by atoms with Crippen molar-refractivity contribution in [1.29, 1.82) is 0 Å². The van der Waals surface area contributed by atoms with Crippen molar-refractivity contribution in [1.82, 2.24) is 0 Å². The van der Waals surface area contributed by atoms with Gasteiger partial charge >= 0.3 is 0 Å². The first-order valence-corrected chi connectivity index (χ1v) is 8.39. The van der Waals surface area contributed by atoms with Crippen LogP contribution in [0.3, 0.4) is 0 Å². The highest BCUT2D eigenvalue weighted by atomic mass is 127. The van der Waals surface area contributed by atoms with Crippen LogP contribution in [0.4, 0.5) is 4.39 Å². The van der Waals surface area contributed by atoms with E-state index in [1.807, 2.05) is 6.07 Å². The van der Waals surface area contributed by atoms with E-state index in [0.717, 1.165) is 9.99 Å². The Morgan fingerprint density at radius 3 is 2.26 bits per heavy atom. The number of benzene rings is 1. The molecule has 1 aromatic rings. The van der Waals surface area contributed by atoms with E-state index in [0.29, 0.717) is 12.4 Å². The van der Waals surface area contributed by atoms with Crippen molar-refractivity contribution in [3.63, 3.8) is 0 Å². The van der Waals surface area contributed by atoms with Crippen LogP contribution < -0.4 is 4.74 Å². The van der Waals surface area contributed by atoms with Gasteiger partial charge in [-0.15, -0.1) is 0 Å². The molecule has 0 spiro atoms. The van der Waals surface area contributed by atoms with Gasteiger partial charge in [-0.2, -0.15) is 0 Å². The van der Waals surface area contributed by atoms with Crippen LogP contribution in [0.15, 0.2) is 18.2 Å². The molecule has 0 unspecified atom stereocenters. The first kappa shape index (κ1) is 16.7. The average molecular weight is 378 g/mol. The molecule has 0 bridgehead atoms. The predicted octanol–water partition coefficient (Wildman–Crippen LogP) is 5.95. The number of hydrogen-bond acceptors (Lipinski definition) is 1. The quantitative estimate of drug-likeness (QED) is 0.361. The Bertz CT molecular complexity index is 355. The Kier molecular flexibility index (Phi) is 9.22. The van der Waals surface area contributed by atoms with Crippen molar-refractivity contribution < 1.29 is 9.13 Å². The maximum atomic E-state index is 13.5. The summed E-state index contributed by atoms with van der Waals surface area (Å²) < 4.78 is 19.8. The minimum Gasteiger partial charge on any atom is -0.491 e. The Labute approximate surface area is 130 Å².